The van der Waals surface area contributed by atoms with Gasteiger partial charge in [-0.1, -0.05) is 17.7 Å². The summed E-state index contributed by atoms with van der Waals surface area (Å²) in [6.45, 7) is 4.57. The molecule has 1 N–H and O–H groups in total. The Labute approximate surface area is 140 Å². The van der Waals surface area contributed by atoms with Gasteiger partial charge in [-0.25, -0.2) is 9.78 Å². The number of rotatable bonds is 3. The molecule has 0 aliphatic carbocycles. The second-order valence-electron chi connectivity index (χ2n) is 5.86. The van der Waals surface area contributed by atoms with Crippen LogP contribution >= 0.6 is 0 Å². The number of hydrogen-bond acceptors (Lipinski definition) is 4. The summed E-state index contributed by atoms with van der Waals surface area (Å²) in [5, 5.41) is 8.91. The lowest BCUT2D eigenvalue weighted by Gasteiger charge is -2.35. The molecule has 2 aromatic rings. The van der Waals surface area contributed by atoms with Crippen molar-refractivity contribution in [3.8, 4) is 0 Å². The van der Waals surface area contributed by atoms with Gasteiger partial charge < -0.3 is 14.9 Å². The molecule has 0 spiro atoms. The molecule has 3 rings (SSSR count). The number of aryl methyl sites for hydroxylation is 1. The molecule has 1 saturated heterocycles. The van der Waals surface area contributed by atoms with Crippen molar-refractivity contribution >= 4 is 17.7 Å². The normalized spacial score (nSPS) is 14.5. The standard InChI is InChI=1S/C18H19N3O3/c1-13-3-2-4-14(11-13)17(22)21-9-7-20(8-10-21)16-6-5-15(12-19-16)18(23)24/h2-6,11-12H,7-10H2,1H3,(H,23,24). The van der Waals surface area contributed by atoms with Crippen LogP contribution in [0, 0.1) is 6.92 Å². The third-order valence-corrected chi connectivity index (χ3v) is 4.15. The highest BCUT2D eigenvalue weighted by Gasteiger charge is 2.23. The average Bonchev–Trinajstić information content (AvgIpc) is 2.61. The van der Waals surface area contributed by atoms with Gasteiger partial charge in [0, 0.05) is 37.9 Å². The Hall–Kier alpha value is -2.89. The fraction of sp³-hybridized carbons (Fsp3) is 0.278. The van der Waals surface area contributed by atoms with Gasteiger partial charge in [-0.3, -0.25) is 4.79 Å². The van der Waals surface area contributed by atoms with Crippen LogP contribution in [0.15, 0.2) is 42.6 Å². The van der Waals surface area contributed by atoms with Crippen molar-refractivity contribution in [3.05, 3.63) is 59.3 Å². The molecular weight excluding hydrogens is 306 g/mol. The maximum atomic E-state index is 12.5. The molecule has 6 heteroatoms. The van der Waals surface area contributed by atoms with Crippen LogP contribution in [0.2, 0.25) is 0 Å². The number of carbonyl (C=O) groups is 2. The highest BCUT2D eigenvalue weighted by atomic mass is 16.4. The predicted octanol–water partition coefficient (Wildman–Crippen LogP) is 2.05. The number of carbonyl (C=O) groups excluding carboxylic acids is 1. The predicted molar refractivity (Wildman–Crippen MR) is 90.5 cm³/mol. The number of anilines is 1. The summed E-state index contributed by atoms with van der Waals surface area (Å²) < 4.78 is 0. The van der Waals surface area contributed by atoms with Gasteiger partial charge in [0.15, 0.2) is 0 Å². The lowest BCUT2D eigenvalue weighted by molar-refractivity contribution is 0.0694. The number of pyridine rings is 1. The zero-order valence-electron chi connectivity index (χ0n) is 13.5. The number of carboxylic acid groups (broad SMARTS) is 1. The van der Waals surface area contributed by atoms with Crippen molar-refractivity contribution in [3.63, 3.8) is 0 Å². The molecule has 1 amide bonds. The number of hydrogen-bond donors (Lipinski definition) is 1. The average molecular weight is 325 g/mol. The molecule has 0 saturated carbocycles. The Balaban J connectivity index is 1.63. The largest absolute Gasteiger partial charge is 0.478 e. The molecule has 1 aromatic heterocycles. The molecule has 6 nitrogen and oxygen atoms in total. The minimum absolute atomic E-state index is 0.0486. The Bertz CT molecular complexity index is 750. The lowest BCUT2D eigenvalue weighted by atomic mass is 10.1. The lowest BCUT2D eigenvalue weighted by Crippen LogP contribution is -2.49. The van der Waals surface area contributed by atoms with E-state index in [1.165, 1.54) is 6.20 Å². The van der Waals surface area contributed by atoms with Gasteiger partial charge in [-0.15, -0.1) is 0 Å². The Morgan fingerprint density at radius 3 is 2.38 bits per heavy atom. The Morgan fingerprint density at radius 1 is 1.04 bits per heavy atom. The smallest absolute Gasteiger partial charge is 0.337 e. The van der Waals surface area contributed by atoms with Crippen LogP contribution in [0.3, 0.4) is 0 Å². The van der Waals surface area contributed by atoms with Crippen LogP contribution < -0.4 is 4.90 Å². The summed E-state index contributed by atoms with van der Waals surface area (Å²) >= 11 is 0. The number of nitrogens with zero attached hydrogens (tertiary/aromatic N) is 3. The second-order valence-corrected chi connectivity index (χ2v) is 5.86. The van der Waals surface area contributed by atoms with E-state index in [2.05, 4.69) is 9.88 Å². The molecule has 1 aromatic carbocycles. The maximum absolute atomic E-state index is 12.5. The second kappa shape index (κ2) is 6.70. The first-order chi connectivity index (χ1) is 11.5. The first kappa shape index (κ1) is 16.0. The van der Waals surface area contributed by atoms with Crippen molar-refractivity contribution in [2.24, 2.45) is 0 Å². The van der Waals surface area contributed by atoms with E-state index < -0.39 is 5.97 Å². The van der Waals surface area contributed by atoms with Gasteiger partial charge in [0.25, 0.3) is 5.91 Å². The van der Waals surface area contributed by atoms with Crippen LogP contribution in [0.5, 0.6) is 0 Å². The summed E-state index contributed by atoms with van der Waals surface area (Å²) in [6, 6.07) is 10.9. The van der Waals surface area contributed by atoms with Crippen LogP contribution in [-0.4, -0.2) is 53.0 Å². The molecule has 24 heavy (non-hydrogen) atoms. The molecule has 1 aliphatic heterocycles. The minimum Gasteiger partial charge on any atom is -0.478 e. The molecule has 0 atom stereocenters. The molecule has 0 unspecified atom stereocenters. The van der Waals surface area contributed by atoms with E-state index in [0.717, 1.165) is 11.4 Å². The van der Waals surface area contributed by atoms with E-state index in [0.29, 0.717) is 31.7 Å². The van der Waals surface area contributed by atoms with Gasteiger partial charge in [0.05, 0.1) is 5.56 Å². The van der Waals surface area contributed by atoms with Gasteiger partial charge in [-0.05, 0) is 31.2 Å². The number of benzene rings is 1. The number of amides is 1. The molecule has 0 radical (unpaired) electrons. The van der Waals surface area contributed by atoms with Crippen molar-refractivity contribution < 1.29 is 14.7 Å². The molecule has 1 fully saturated rings. The Morgan fingerprint density at radius 2 is 1.79 bits per heavy atom. The number of aromatic nitrogens is 1. The van der Waals surface area contributed by atoms with Crippen LogP contribution in [0.1, 0.15) is 26.3 Å². The van der Waals surface area contributed by atoms with Gasteiger partial charge in [0.2, 0.25) is 0 Å². The third kappa shape index (κ3) is 3.37. The SMILES string of the molecule is Cc1cccc(C(=O)N2CCN(c3ccc(C(=O)O)cn3)CC2)c1. The van der Waals surface area contributed by atoms with E-state index in [9.17, 15) is 9.59 Å². The van der Waals surface area contributed by atoms with Gasteiger partial charge >= 0.3 is 5.97 Å². The van der Waals surface area contributed by atoms with Crippen LogP contribution in [-0.2, 0) is 0 Å². The van der Waals surface area contributed by atoms with Crippen LogP contribution in [0.4, 0.5) is 5.82 Å². The highest BCUT2D eigenvalue weighted by molar-refractivity contribution is 5.94. The van der Waals surface area contributed by atoms with Crippen molar-refractivity contribution in [2.75, 3.05) is 31.1 Å². The first-order valence-electron chi connectivity index (χ1n) is 7.85. The van der Waals surface area contributed by atoms with Crippen molar-refractivity contribution in [1.29, 1.82) is 0 Å². The first-order valence-corrected chi connectivity index (χ1v) is 7.85. The quantitative estimate of drug-likeness (QED) is 0.935. The van der Waals surface area contributed by atoms with Gasteiger partial charge in [0.1, 0.15) is 5.82 Å². The van der Waals surface area contributed by atoms with E-state index in [1.54, 1.807) is 12.1 Å². The molecular formula is C18H19N3O3. The fourth-order valence-electron chi connectivity index (χ4n) is 2.80. The minimum atomic E-state index is -0.984. The number of carboxylic acids is 1. The van der Waals surface area contributed by atoms with E-state index in [1.807, 2.05) is 36.1 Å². The van der Waals surface area contributed by atoms with Gasteiger partial charge in [-0.2, -0.15) is 0 Å². The highest BCUT2D eigenvalue weighted by Crippen LogP contribution is 2.16. The van der Waals surface area contributed by atoms with Crippen LogP contribution in [0.25, 0.3) is 0 Å². The molecule has 124 valence electrons. The number of aromatic carboxylic acids is 1. The summed E-state index contributed by atoms with van der Waals surface area (Å²) in [5.74, 6) is -0.196. The summed E-state index contributed by atoms with van der Waals surface area (Å²) in [4.78, 5) is 31.5. The molecule has 1 aliphatic rings. The summed E-state index contributed by atoms with van der Waals surface area (Å²) in [6.07, 6.45) is 1.36. The van der Waals surface area contributed by atoms with E-state index in [4.69, 9.17) is 5.11 Å². The zero-order valence-corrected chi connectivity index (χ0v) is 13.5. The summed E-state index contributed by atoms with van der Waals surface area (Å²) in [7, 11) is 0. The third-order valence-electron chi connectivity index (χ3n) is 4.15. The van der Waals surface area contributed by atoms with Crippen molar-refractivity contribution in [2.45, 2.75) is 6.92 Å². The molecule has 2 heterocycles. The van der Waals surface area contributed by atoms with E-state index in [-0.39, 0.29) is 11.5 Å². The summed E-state index contributed by atoms with van der Waals surface area (Å²) in [5.41, 5.74) is 1.96. The zero-order chi connectivity index (χ0) is 17.1. The Kier molecular flexibility index (Phi) is 4.46. The molecule has 0 bridgehead atoms. The maximum Gasteiger partial charge on any atom is 0.337 e. The fourth-order valence-corrected chi connectivity index (χ4v) is 2.80. The topological polar surface area (TPSA) is 73.7 Å². The monoisotopic (exact) mass is 325 g/mol. The van der Waals surface area contributed by atoms with Crippen molar-refractivity contribution in [1.82, 2.24) is 9.88 Å². The van der Waals surface area contributed by atoms with E-state index >= 15 is 0 Å². The number of piperazine rings is 1.